The number of thiophene rings is 1. The highest BCUT2D eigenvalue weighted by atomic mass is 35.5. The van der Waals surface area contributed by atoms with Crippen LogP contribution in [0.1, 0.15) is 4.88 Å². The lowest BCUT2D eigenvalue weighted by Gasteiger charge is -2.13. The van der Waals surface area contributed by atoms with Gasteiger partial charge >= 0.3 is 5.69 Å². The van der Waals surface area contributed by atoms with Crippen LogP contribution in [0.25, 0.3) is 5.69 Å². The lowest BCUT2D eigenvalue weighted by molar-refractivity contribution is 0.241. The molecule has 0 amide bonds. The Morgan fingerprint density at radius 3 is 2.65 bits per heavy atom. The van der Waals surface area contributed by atoms with Gasteiger partial charge in [0, 0.05) is 11.4 Å². The largest absolute Gasteiger partial charge is 0.369 e. The van der Waals surface area contributed by atoms with Crippen molar-refractivity contribution in [2.45, 2.75) is 13.2 Å². The Labute approximate surface area is 146 Å². The fourth-order valence-corrected chi connectivity index (χ4v) is 3.50. The fourth-order valence-electron chi connectivity index (χ4n) is 2.12. The molecule has 0 radical (unpaired) electrons. The molecule has 0 N–H and O–H groups in total. The fraction of sp³-hybridized carbons (Fsp3) is 0.214. The van der Waals surface area contributed by atoms with Crippen molar-refractivity contribution in [1.82, 2.24) is 24.7 Å². The highest BCUT2D eigenvalue weighted by Gasteiger charge is 2.13. The van der Waals surface area contributed by atoms with Crippen LogP contribution in [0.2, 0.25) is 9.36 Å². The van der Waals surface area contributed by atoms with Crippen molar-refractivity contribution in [2.75, 3.05) is 7.05 Å². The minimum Gasteiger partial charge on any atom is -0.282 e. The molecule has 0 saturated carbocycles. The second-order valence-corrected chi connectivity index (χ2v) is 7.19. The number of tetrazole rings is 1. The maximum absolute atomic E-state index is 12.4. The van der Waals surface area contributed by atoms with Crippen molar-refractivity contribution in [3.63, 3.8) is 0 Å². The normalized spacial score (nSPS) is 11.3. The summed E-state index contributed by atoms with van der Waals surface area (Å²) in [5.74, 6) is 0. The third kappa shape index (κ3) is 3.64. The maximum Gasteiger partial charge on any atom is 0.369 e. The molecule has 0 spiro atoms. The van der Waals surface area contributed by atoms with Crippen LogP contribution in [-0.2, 0) is 13.2 Å². The van der Waals surface area contributed by atoms with Gasteiger partial charge in [0.2, 0.25) is 0 Å². The van der Waals surface area contributed by atoms with Gasteiger partial charge in [-0.05, 0) is 41.7 Å². The number of benzene rings is 1. The van der Waals surface area contributed by atoms with Gasteiger partial charge < -0.3 is 0 Å². The van der Waals surface area contributed by atoms with Crippen LogP contribution >= 0.6 is 34.5 Å². The number of halogens is 2. The zero-order valence-corrected chi connectivity index (χ0v) is 14.5. The molecular formula is C14H13Cl2N5OS. The molecule has 2 heterocycles. The van der Waals surface area contributed by atoms with Crippen LogP contribution in [0.3, 0.4) is 0 Å². The summed E-state index contributed by atoms with van der Waals surface area (Å²) in [6, 6.07) is 10.8. The lowest BCUT2D eigenvalue weighted by atomic mass is 10.3. The molecule has 3 rings (SSSR count). The summed E-state index contributed by atoms with van der Waals surface area (Å²) in [6.07, 6.45) is 0. The molecule has 1 aromatic carbocycles. The minimum atomic E-state index is -0.339. The summed E-state index contributed by atoms with van der Waals surface area (Å²) >= 11 is 13.5. The first-order chi connectivity index (χ1) is 11.0. The van der Waals surface area contributed by atoms with E-state index in [1.165, 1.54) is 20.7 Å². The summed E-state index contributed by atoms with van der Waals surface area (Å²) in [6.45, 7) is 0.988. The Morgan fingerprint density at radius 1 is 1.17 bits per heavy atom. The van der Waals surface area contributed by atoms with Crippen molar-refractivity contribution in [3.8, 4) is 5.69 Å². The van der Waals surface area contributed by atoms with E-state index in [0.717, 1.165) is 9.21 Å². The molecule has 0 bridgehead atoms. The Morgan fingerprint density at radius 2 is 1.96 bits per heavy atom. The van der Waals surface area contributed by atoms with E-state index < -0.39 is 0 Å². The van der Waals surface area contributed by atoms with Crippen molar-refractivity contribution >= 4 is 34.5 Å². The van der Waals surface area contributed by atoms with Gasteiger partial charge in [0.1, 0.15) is 6.67 Å². The number of hydrogen-bond donors (Lipinski definition) is 0. The third-order valence-electron chi connectivity index (χ3n) is 3.15. The molecule has 23 heavy (non-hydrogen) atoms. The topological polar surface area (TPSA) is 56.0 Å². The second-order valence-electron chi connectivity index (χ2n) is 4.99. The summed E-state index contributed by atoms with van der Waals surface area (Å²) in [4.78, 5) is 15.5. The maximum atomic E-state index is 12.4. The van der Waals surface area contributed by atoms with Crippen molar-refractivity contribution in [2.24, 2.45) is 0 Å². The molecule has 0 atom stereocenters. The minimum absolute atomic E-state index is 0.318. The average molecular weight is 370 g/mol. The van der Waals surface area contributed by atoms with Crippen LogP contribution in [0.15, 0.2) is 41.2 Å². The molecule has 0 saturated heterocycles. The van der Waals surface area contributed by atoms with Crippen LogP contribution in [0, 0.1) is 0 Å². The van der Waals surface area contributed by atoms with Gasteiger partial charge in [0.25, 0.3) is 0 Å². The highest BCUT2D eigenvalue weighted by Crippen LogP contribution is 2.22. The first kappa shape index (κ1) is 16.2. The molecule has 3 aromatic rings. The van der Waals surface area contributed by atoms with Gasteiger partial charge in [-0.25, -0.2) is 4.79 Å². The summed E-state index contributed by atoms with van der Waals surface area (Å²) in [7, 11) is 1.90. The molecule has 0 fully saturated rings. The molecular weight excluding hydrogens is 357 g/mol. The van der Waals surface area contributed by atoms with Gasteiger partial charge in [-0.3, -0.25) is 4.90 Å². The first-order valence-corrected chi connectivity index (χ1v) is 8.32. The van der Waals surface area contributed by atoms with Crippen LogP contribution < -0.4 is 5.69 Å². The lowest BCUT2D eigenvalue weighted by Crippen LogP contribution is -2.31. The quantitative estimate of drug-likeness (QED) is 0.693. The molecule has 120 valence electrons. The van der Waals surface area contributed by atoms with Crippen LogP contribution in [0.4, 0.5) is 0 Å². The summed E-state index contributed by atoms with van der Waals surface area (Å²) < 4.78 is 3.23. The number of hydrogen-bond acceptors (Lipinski definition) is 5. The summed E-state index contributed by atoms with van der Waals surface area (Å²) in [5, 5.41) is 8.26. The molecule has 2 aromatic heterocycles. The number of para-hydroxylation sites is 1. The van der Waals surface area contributed by atoms with E-state index in [4.69, 9.17) is 23.2 Å². The average Bonchev–Trinajstić information content (AvgIpc) is 3.07. The van der Waals surface area contributed by atoms with E-state index >= 15 is 0 Å². The smallest absolute Gasteiger partial charge is 0.282 e. The molecule has 9 heteroatoms. The number of aromatic nitrogens is 4. The predicted molar refractivity (Wildman–Crippen MR) is 91.4 cm³/mol. The van der Waals surface area contributed by atoms with Crippen LogP contribution in [-0.4, -0.2) is 31.7 Å². The highest BCUT2D eigenvalue weighted by molar-refractivity contribution is 7.16. The number of nitrogens with zero attached hydrogens (tertiary/aromatic N) is 5. The van der Waals surface area contributed by atoms with Gasteiger partial charge in [-0.2, -0.15) is 9.36 Å². The van der Waals surface area contributed by atoms with E-state index in [0.29, 0.717) is 23.9 Å². The molecule has 0 aliphatic carbocycles. The summed E-state index contributed by atoms with van der Waals surface area (Å²) in [5.41, 5.74) is 0.173. The first-order valence-electron chi connectivity index (χ1n) is 6.75. The van der Waals surface area contributed by atoms with E-state index in [2.05, 4.69) is 10.4 Å². The molecule has 6 nitrogen and oxygen atoms in total. The Kier molecular flexibility index (Phi) is 4.82. The monoisotopic (exact) mass is 369 g/mol. The van der Waals surface area contributed by atoms with Crippen molar-refractivity contribution < 1.29 is 0 Å². The zero-order valence-electron chi connectivity index (χ0n) is 12.2. The SMILES string of the molecule is CN(Cc1ccc(Cl)s1)Cn1nnn(-c2ccccc2Cl)c1=O. The van der Waals surface area contributed by atoms with E-state index in [1.807, 2.05) is 24.1 Å². The van der Waals surface area contributed by atoms with Crippen LogP contribution in [0.5, 0.6) is 0 Å². The molecule has 0 aliphatic heterocycles. The standard InChI is InChI=1S/C14H13Cl2N5OS/c1-19(8-10-6-7-13(16)23-10)9-20-14(22)21(18-17-20)12-5-3-2-4-11(12)15/h2-7H,8-9H2,1H3. The Hall–Kier alpha value is -1.67. The third-order valence-corrected chi connectivity index (χ3v) is 4.69. The van der Waals surface area contributed by atoms with E-state index in [-0.39, 0.29) is 5.69 Å². The second kappa shape index (κ2) is 6.84. The van der Waals surface area contributed by atoms with Gasteiger partial charge in [0.05, 0.1) is 15.0 Å². The zero-order chi connectivity index (χ0) is 16.4. The molecule has 0 aliphatic rings. The van der Waals surface area contributed by atoms with Gasteiger partial charge in [-0.1, -0.05) is 35.3 Å². The van der Waals surface area contributed by atoms with E-state index in [9.17, 15) is 4.79 Å². The number of rotatable bonds is 5. The van der Waals surface area contributed by atoms with Crippen molar-refractivity contribution in [1.29, 1.82) is 0 Å². The predicted octanol–water partition coefficient (Wildman–Crippen LogP) is 2.89. The Balaban J connectivity index is 1.77. The van der Waals surface area contributed by atoms with Gasteiger partial charge in [0.15, 0.2) is 0 Å². The Bertz CT molecular complexity index is 872. The molecule has 0 unspecified atom stereocenters. The van der Waals surface area contributed by atoms with Crippen molar-refractivity contribution in [3.05, 3.63) is 61.1 Å². The van der Waals surface area contributed by atoms with E-state index in [1.54, 1.807) is 24.3 Å². The van der Waals surface area contributed by atoms with Gasteiger partial charge in [-0.15, -0.1) is 11.3 Å².